The van der Waals surface area contributed by atoms with Gasteiger partial charge >= 0.3 is 0 Å². The van der Waals surface area contributed by atoms with Crippen LogP contribution >= 0.6 is 11.3 Å². The summed E-state index contributed by atoms with van der Waals surface area (Å²) in [4.78, 5) is 17.7. The molecule has 1 amide bonds. The summed E-state index contributed by atoms with van der Waals surface area (Å²) in [5.74, 6) is -0.639. The van der Waals surface area contributed by atoms with Crippen LogP contribution in [-0.2, 0) is 16.4 Å². The number of benzene rings is 2. The third kappa shape index (κ3) is 3.72. The second-order valence-corrected chi connectivity index (χ2v) is 9.76. The molecule has 3 aromatic rings. The number of aromatic nitrogens is 1. The maximum Gasteiger partial charge on any atom is 0.280 e. The Morgan fingerprint density at radius 1 is 1.21 bits per heavy atom. The van der Waals surface area contributed by atoms with Crippen LogP contribution in [0.2, 0.25) is 0 Å². The van der Waals surface area contributed by atoms with Crippen molar-refractivity contribution in [1.29, 1.82) is 0 Å². The lowest BCUT2D eigenvalue weighted by molar-refractivity contribution is 0.0994. The number of amides is 1. The van der Waals surface area contributed by atoms with Crippen molar-refractivity contribution in [1.82, 2.24) is 4.57 Å². The fourth-order valence-electron chi connectivity index (χ4n) is 2.93. The van der Waals surface area contributed by atoms with Gasteiger partial charge in [-0.1, -0.05) is 36.5 Å². The summed E-state index contributed by atoms with van der Waals surface area (Å²) in [7, 11) is -3.52. The highest BCUT2D eigenvalue weighted by molar-refractivity contribution is 7.91. The SMILES string of the molecule is C=CCn1c(=NC(=O)c2ccccc2S(=O)(=O)CC)sc2cc(C)c(C)cc21. The van der Waals surface area contributed by atoms with Gasteiger partial charge in [-0.05, 0) is 49.2 Å². The Balaban J connectivity index is 2.22. The molecule has 5 nitrogen and oxygen atoms in total. The van der Waals surface area contributed by atoms with E-state index in [1.807, 2.05) is 18.4 Å². The van der Waals surface area contributed by atoms with Crippen LogP contribution in [0.25, 0.3) is 10.2 Å². The smallest absolute Gasteiger partial charge is 0.280 e. The van der Waals surface area contributed by atoms with Crippen molar-refractivity contribution in [3.8, 4) is 0 Å². The van der Waals surface area contributed by atoms with Gasteiger partial charge in [0.2, 0.25) is 0 Å². The number of carbonyl (C=O) groups is 1. The average Bonchev–Trinajstić information content (AvgIpc) is 2.98. The monoisotopic (exact) mass is 414 g/mol. The summed E-state index contributed by atoms with van der Waals surface area (Å²) >= 11 is 1.41. The molecule has 28 heavy (non-hydrogen) atoms. The third-order valence-electron chi connectivity index (χ3n) is 4.64. The van der Waals surface area contributed by atoms with E-state index < -0.39 is 15.7 Å². The van der Waals surface area contributed by atoms with E-state index in [9.17, 15) is 13.2 Å². The van der Waals surface area contributed by atoms with Gasteiger partial charge < -0.3 is 4.57 Å². The maximum atomic E-state index is 12.9. The van der Waals surface area contributed by atoms with Crippen molar-refractivity contribution in [2.45, 2.75) is 32.2 Å². The quantitative estimate of drug-likeness (QED) is 0.592. The van der Waals surface area contributed by atoms with Gasteiger partial charge in [0.05, 0.1) is 26.4 Å². The predicted octanol–water partition coefficient (Wildman–Crippen LogP) is 4.04. The number of allylic oxidation sites excluding steroid dienone is 1. The number of carbonyl (C=O) groups excluding carboxylic acids is 1. The van der Waals surface area contributed by atoms with Gasteiger partial charge in [-0.3, -0.25) is 4.79 Å². The van der Waals surface area contributed by atoms with Crippen LogP contribution in [0, 0.1) is 13.8 Å². The molecule has 1 heterocycles. The standard InChI is InChI=1S/C21H22N2O3S2/c1-5-11-23-17-12-14(3)15(4)13-18(17)27-21(23)22-20(24)16-9-7-8-10-19(16)28(25,26)6-2/h5,7-10,12-13H,1,6,11H2,2-4H3. The second kappa shape index (κ2) is 7.85. The highest BCUT2D eigenvalue weighted by Gasteiger charge is 2.20. The van der Waals surface area contributed by atoms with Crippen molar-refractivity contribution < 1.29 is 13.2 Å². The molecule has 0 radical (unpaired) electrons. The molecule has 7 heteroatoms. The van der Waals surface area contributed by atoms with Gasteiger partial charge in [-0.2, -0.15) is 4.99 Å². The van der Waals surface area contributed by atoms with Gasteiger partial charge in [0.15, 0.2) is 14.6 Å². The molecular formula is C21H22N2O3S2. The summed E-state index contributed by atoms with van der Waals surface area (Å²) in [6.45, 7) is 9.94. The van der Waals surface area contributed by atoms with E-state index in [0.717, 1.165) is 21.3 Å². The van der Waals surface area contributed by atoms with Crippen molar-refractivity contribution in [3.63, 3.8) is 0 Å². The number of nitrogens with zero attached hydrogens (tertiary/aromatic N) is 2. The number of sulfone groups is 1. The Hall–Kier alpha value is -2.51. The fraction of sp³-hybridized carbons (Fsp3) is 0.238. The van der Waals surface area contributed by atoms with Crippen molar-refractivity contribution >= 4 is 37.3 Å². The molecule has 0 saturated heterocycles. The van der Waals surface area contributed by atoms with Crippen LogP contribution in [0.1, 0.15) is 28.4 Å². The molecule has 0 atom stereocenters. The van der Waals surface area contributed by atoms with E-state index in [1.54, 1.807) is 25.1 Å². The summed E-state index contributed by atoms with van der Waals surface area (Å²) in [6, 6.07) is 10.4. The molecule has 0 fully saturated rings. The molecule has 0 saturated carbocycles. The summed E-state index contributed by atoms with van der Waals surface area (Å²) in [6.07, 6.45) is 1.75. The molecule has 0 aliphatic rings. The van der Waals surface area contributed by atoms with E-state index in [1.165, 1.54) is 23.5 Å². The average molecular weight is 415 g/mol. The largest absolute Gasteiger partial charge is 0.312 e. The highest BCUT2D eigenvalue weighted by atomic mass is 32.2. The van der Waals surface area contributed by atoms with Crippen molar-refractivity contribution in [2.75, 3.05) is 5.75 Å². The molecule has 0 aliphatic carbocycles. The first-order chi connectivity index (χ1) is 13.3. The van der Waals surface area contributed by atoms with Crippen molar-refractivity contribution in [2.24, 2.45) is 4.99 Å². The normalized spacial score (nSPS) is 12.5. The number of fused-ring (bicyclic) bond motifs is 1. The number of aryl methyl sites for hydroxylation is 2. The van der Waals surface area contributed by atoms with E-state index in [0.29, 0.717) is 11.3 Å². The topological polar surface area (TPSA) is 68.5 Å². The summed E-state index contributed by atoms with van der Waals surface area (Å²) < 4.78 is 27.7. The molecule has 0 aliphatic heterocycles. The Morgan fingerprint density at radius 2 is 1.89 bits per heavy atom. The third-order valence-corrected chi connectivity index (χ3v) is 7.47. The van der Waals surface area contributed by atoms with E-state index >= 15 is 0 Å². The van der Waals surface area contributed by atoms with Crippen LogP contribution < -0.4 is 4.80 Å². The summed E-state index contributed by atoms with van der Waals surface area (Å²) in [5.41, 5.74) is 3.39. The molecule has 146 valence electrons. The number of thiazole rings is 1. The number of hydrogen-bond acceptors (Lipinski definition) is 4. The zero-order chi connectivity index (χ0) is 20.5. The molecular weight excluding hydrogens is 392 g/mol. The molecule has 3 rings (SSSR count). The molecule has 1 aromatic heterocycles. The van der Waals surface area contributed by atoms with Gasteiger partial charge in [0, 0.05) is 6.54 Å². The second-order valence-electron chi connectivity index (χ2n) is 6.50. The van der Waals surface area contributed by atoms with Crippen LogP contribution in [0.15, 0.2) is 58.9 Å². The van der Waals surface area contributed by atoms with Crippen LogP contribution in [-0.4, -0.2) is 24.6 Å². The minimum atomic E-state index is -3.52. The first-order valence-electron chi connectivity index (χ1n) is 8.90. The van der Waals surface area contributed by atoms with Crippen LogP contribution in [0.3, 0.4) is 0 Å². The van der Waals surface area contributed by atoms with Gasteiger partial charge in [-0.15, -0.1) is 6.58 Å². The number of rotatable bonds is 5. The minimum absolute atomic E-state index is 0.0225. The Bertz CT molecular complexity index is 1250. The predicted molar refractivity (Wildman–Crippen MR) is 114 cm³/mol. The fourth-order valence-corrected chi connectivity index (χ4v) is 5.13. The molecule has 2 aromatic carbocycles. The van der Waals surface area contributed by atoms with E-state index in [-0.39, 0.29) is 16.2 Å². The van der Waals surface area contributed by atoms with Gasteiger partial charge in [0.25, 0.3) is 5.91 Å². The molecule has 0 bridgehead atoms. The lowest BCUT2D eigenvalue weighted by atomic mass is 10.1. The lowest BCUT2D eigenvalue weighted by Crippen LogP contribution is -2.17. The zero-order valence-electron chi connectivity index (χ0n) is 16.1. The lowest BCUT2D eigenvalue weighted by Gasteiger charge is -2.06. The summed E-state index contributed by atoms with van der Waals surface area (Å²) in [5, 5.41) is 0. The van der Waals surface area contributed by atoms with Crippen LogP contribution in [0.4, 0.5) is 0 Å². The Kier molecular flexibility index (Phi) is 5.67. The van der Waals surface area contributed by atoms with E-state index in [4.69, 9.17) is 0 Å². The van der Waals surface area contributed by atoms with Gasteiger partial charge in [-0.25, -0.2) is 8.42 Å². The first kappa shape index (κ1) is 20.2. The Labute approximate surface area is 168 Å². The van der Waals surface area contributed by atoms with Gasteiger partial charge in [0.1, 0.15) is 0 Å². The molecule has 0 unspecified atom stereocenters. The molecule has 0 N–H and O–H groups in total. The van der Waals surface area contributed by atoms with Crippen LogP contribution in [0.5, 0.6) is 0 Å². The zero-order valence-corrected chi connectivity index (χ0v) is 17.7. The maximum absolute atomic E-state index is 12.9. The van der Waals surface area contributed by atoms with E-state index in [2.05, 4.69) is 23.7 Å². The van der Waals surface area contributed by atoms with Crippen molar-refractivity contribution in [3.05, 3.63) is 70.5 Å². The number of hydrogen-bond donors (Lipinski definition) is 0. The highest BCUT2D eigenvalue weighted by Crippen LogP contribution is 2.23. The minimum Gasteiger partial charge on any atom is -0.312 e. The first-order valence-corrected chi connectivity index (χ1v) is 11.4. The Morgan fingerprint density at radius 3 is 2.57 bits per heavy atom. The molecule has 0 spiro atoms.